The molecule has 1 heterocycles. The number of carbonyl (C=O) groups is 1. The summed E-state index contributed by atoms with van der Waals surface area (Å²) in [7, 11) is 0. The molecular weight excluding hydrogens is 188 g/mol. The zero-order valence-corrected chi connectivity index (χ0v) is 9.36. The molecule has 0 aromatic carbocycles. The highest BCUT2D eigenvalue weighted by atomic mass is 16.1. The van der Waals surface area contributed by atoms with E-state index in [1.165, 1.54) is 6.42 Å². The summed E-state index contributed by atoms with van der Waals surface area (Å²) in [4.78, 5) is 19.0. The molecule has 82 valence electrons. The van der Waals surface area contributed by atoms with Crippen LogP contribution in [0.5, 0.6) is 0 Å². The van der Waals surface area contributed by atoms with Gasteiger partial charge in [-0.15, -0.1) is 0 Å². The van der Waals surface area contributed by atoms with Gasteiger partial charge < -0.3 is 4.98 Å². The number of aromatic nitrogens is 2. The molecule has 1 aliphatic rings. The van der Waals surface area contributed by atoms with Gasteiger partial charge in [0.05, 0.1) is 0 Å². The van der Waals surface area contributed by atoms with Crippen LogP contribution in [0.2, 0.25) is 0 Å². The highest BCUT2D eigenvalue weighted by Gasteiger charge is 2.30. The molecule has 1 aromatic rings. The topological polar surface area (TPSA) is 45.8 Å². The van der Waals surface area contributed by atoms with Crippen LogP contribution < -0.4 is 0 Å². The molecule has 0 amide bonds. The Balaban J connectivity index is 2.07. The lowest BCUT2D eigenvalue weighted by molar-refractivity contribution is 0.0826. The van der Waals surface area contributed by atoms with Crippen LogP contribution in [-0.4, -0.2) is 15.8 Å². The second-order valence-electron chi connectivity index (χ2n) is 4.92. The predicted molar refractivity (Wildman–Crippen MR) is 58.6 cm³/mol. The van der Waals surface area contributed by atoms with Gasteiger partial charge in [0.25, 0.3) is 0 Å². The summed E-state index contributed by atoms with van der Waals surface area (Å²) in [5.74, 6) is 2.23. The molecule has 3 heteroatoms. The Bertz CT molecular complexity index is 321. The third kappa shape index (κ3) is 2.28. The maximum Gasteiger partial charge on any atom is 0.201 e. The maximum atomic E-state index is 12.1. The minimum Gasteiger partial charge on any atom is -0.342 e. The van der Waals surface area contributed by atoms with Crippen LogP contribution in [0.15, 0.2) is 12.4 Å². The normalized spacial score (nSPS) is 31.5. The fourth-order valence-corrected chi connectivity index (χ4v) is 2.75. The molecule has 2 atom stereocenters. The Morgan fingerprint density at radius 2 is 2.00 bits per heavy atom. The average molecular weight is 206 g/mol. The summed E-state index contributed by atoms with van der Waals surface area (Å²) in [6.07, 6.45) is 6.64. The van der Waals surface area contributed by atoms with Gasteiger partial charge in [-0.1, -0.05) is 13.8 Å². The van der Waals surface area contributed by atoms with Gasteiger partial charge in [0.1, 0.15) is 0 Å². The van der Waals surface area contributed by atoms with Crippen molar-refractivity contribution in [3.8, 4) is 0 Å². The van der Waals surface area contributed by atoms with E-state index in [9.17, 15) is 4.79 Å². The number of aromatic amines is 1. The molecule has 2 rings (SSSR count). The van der Waals surface area contributed by atoms with E-state index in [4.69, 9.17) is 0 Å². The summed E-state index contributed by atoms with van der Waals surface area (Å²) in [5, 5.41) is 0. The Hall–Kier alpha value is -1.12. The van der Waals surface area contributed by atoms with Gasteiger partial charge in [0.15, 0.2) is 5.82 Å². The molecular formula is C12H18N2O. The van der Waals surface area contributed by atoms with E-state index in [-0.39, 0.29) is 11.7 Å². The maximum absolute atomic E-state index is 12.1. The van der Waals surface area contributed by atoms with Crippen molar-refractivity contribution in [3.63, 3.8) is 0 Å². The Morgan fingerprint density at radius 3 is 2.53 bits per heavy atom. The van der Waals surface area contributed by atoms with E-state index in [2.05, 4.69) is 23.8 Å². The first kappa shape index (κ1) is 10.4. The third-order valence-electron chi connectivity index (χ3n) is 3.28. The van der Waals surface area contributed by atoms with Gasteiger partial charge in [-0.05, 0) is 31.1 Å². The zero-order chi connectivity index (χ0) is 10.8. The monoisotopic (exact) mass is 206 g/mol. The van der Waals surface area contributed by atoms with E-state index in [1.807, 2.05) is 0 Å². The number of nitrogens with one attached hydrogen (secondary N) is 1. The summed E-state index contributed by atoms with van der Waals surface area (Å²) >= 11 is 0. The number of imidazole rings is 1. The standard InChI is InChI=1S/C12H18N2O/c1-8-5-9(2)7-10(6-8)11(15)12-13-3-4-14-12/h3-4,8-10H,5-7H2,1-2H3,(H,13,14). The molecule has 15 heavy (non-hydrogen) atoms. The van der Waals surface area contributed by atoms with Crippen molar-refractivity contribution in [2.75, 3.05) is 0 Å². The van der Waals surface area contributed by atoms with Crippen LogP contribution in [0.3, 0.4) is 0 Å². The van der Waals surface area contributed by atoms with E-state index in [1.54, 1.807) is 12.4 Å². The van der Waals surface area contributed by atoms with Crippen molar-refractivity contribution in [1.82, 2.24) is 9.97 Å². The molecule has 0 bridgehead atoms. The number of ketones is 1. The SMILES string of the molecule is CC1CC(C)CC(C(=O)c2ncc[nH]2)C1. The summed E-state index contributed by atoms with van der Waals surface area (Å²) in [6, 6.07) is 0. The lowest BCUT2D eigenvalue weighted by Crippen LogP contribution is -2.26. The molecule has 2 unspecified atom stereocenters. The fraction of sp³-hybridized carbons (Fsp3) is 0.667. The highest BCUT2D eigenvalue weighted by molar-refractivity contribution is 5.94. The lowest BCUT2D eigenvalue weighted by atomic mass is 9.75. The van der Waals surface area contributed by atoms with Crippen molar-refractivity contribution < 1.29 is 4.79 Å². The van der Waals surface area contributed by atoms with Crippen LogP contribution in [0, 0.1) is 17.8 Å². The zero-order valence-electron chi connectivity index (χ0n) is 9.36. The molecule has 0 radical (unpaired) electrons. The Morgan fingerprint density at radius 1 is 1.33 bits per heavy atom. The van der Waals surface area contributed by atoms with Crippen LogP contribution in [0.25, 0.3) is 0 Å². The molecule has 1 fully saturated rings. The predicted octanol–water partition coefficient (Wildman–Crippen LogP) is 2.66. The lowest BCUT2D eigenvalue weighted by Gasteiger charge is -2.29. The van der Waals surface area contributed by atoms with Gasteiger partial charge in [0.2, 0.25) is 5.78 Å². The summed E-state index contributed by atoms with van der Waals surface area (Å²) in [6.45, 7) is 4.47. The smallest absolute Gasteiger partial charge is 0.201 e. The quantitative estimate of drug-likeness (QED) is 0.756. The molecule has 1 N–H and O–H groups in total. The van der Waals surface area contributed by atoms with E-state index in [0.717, 1.165) is 12.8 Å². The van der Waals surface area contributed by atoms with Crippen LogP contribution in [-0.2, 0) is 0 Å². The third-order valence-corrected chi connectivity index (χ3v) is 3.28. The van der Waals surface area contributed by atoms with E-state index >= 15 is 0 Å². The number of rotatable bonds is 2. The first-order valence-electron chi connectivity index (χ1n) is 5.70. The minimum absolute atomic E-state index is 0.176. The van der Waals surface area contributed by atoms with Crippen molar-refractivity contribution in [2.45, 2.75) is 33.1 Å². The number of carbonyl (C=O) groups excluding carboxylic acids is 1. The second kappa shape index (κ2) is 4.17. The Labute approximate surface area is 90.3 Å². The number of hydrogen-bond donors (Lipinski definition) is 1. The van der Waals surface area contributed by atoms with Gasteiger partial charge in [-0.3, -0.25) is 4.79 Å². The number of H-pyrrole nitrogens is 1. The second-order valence-corrected chi connectivity index (χ2v) is 4.92. The number of Topliss-reactive ketones (excluding diaryl/α,β-unsaturated/α-hetero) is 1. The summed E-state index contributed by atoms with van der Waals surface area (Å²) < 4.78 is 0. The van der Waals surface area contributed by atoms with Gasteiger partial charge in [0, 0.05) is 18.3 Å². The molecule has 1 saturated carbocycles. The van der Waals surface area contributed by atoms with Crippen LogP contribution in [0.4, 0.5) is 0 Å². The van der Waals surface area contributed by atoms with Crippen LogP contribution >= 0.6 is 0 Å². The average Bonchev–Trinajstić information content (AvgIpc) is 2.67. The van der Waals surface area contributed by atoms with Crippen molar-refractivity contribution >= 4 is 5.78 Å². The molecule has 0 aliphatic heterocycles. The first-order chi connectivity index (χ1) is 7.16. The minimum atomic E-state index is 0.176. The molecule has 1 aromatic heterocycles. The largest absolute Gasteiger partial charge is 0.342 e. The van der Waals surface area contributed by atoms with Crippen LogP contribution in [0.1, 0.15) is 43.7 Å². The van der Waals surface area contributed by atoms with Crippen molar-refractivity contribution in [1.29, 1.82) is 0 Å². The molecule has 3 nitrogen and oxygen atoms in total. The van der Waals surface area contributed by atoms with E-state index in [0.29, 0.717) is 17.7 Å². The van der Waals surface area contributed by atoms with Gasteiger partial charge in [-0.25, -0.2) is 4.98 Å². The number of hydrogen-bond acceptors (Lipinski definition) is 2. The molecule has 0 saturated heterocycles. The fourth-order valence-electron chi connectivity index (χ4n) is 2.75. The first-order valence-corrected chi connectivity index (χ1v) is 5.70. The van der Waals surface area contributed by atoms with Gasteiger partial charge in [-0.2, -0.15) is 0 Å². The van der Waals surface area contributed by atoms with Gasteiger partial charge >= 0.3 is 0 Å². The molecule has 0 spiro atoms. The van der Waals surface area contributed by atoms with E-state index < -0.39 is 0 Å². The van der Waals surface area contributed by atoms with Crippen molar-refractivity contribution in [3.05, 3.63) is 18.2 Å². The number of nitrogens with zero attached hydrogens (tertiary/aromatic N) is 1. The Kier molecular flexibility index (Phi) is 2.89. The molecule has 1 aliphatic carbocycles. The highest BCUT2D eigenvalue weighted by Crippen LogP contribution is 2.34. The van der Waals surface area contributed by atoms with Crippen molar-refractivity contribution in [2.24, 2.45) is 17.8 Å². The summed E-state index contributed by atoms with van der Waals surface area (Å²) in [5.41, 5.74) is 0.